The summed E-state index contributed by atoms with van der Waals surface area (Å²) in [6.45, 7) is 4.23. The fourth-order valence-corrected chi connectivity index (χ4v) is 1.75. The maximum absolute atomic E-state index is 10.6. The Hall–Kier alpha value is -2.50. The Kier molecular flexibility index (Phi) is 3.70. The Labute approximate surface area is 110 Å². The van der Waals surface area contributed by atoms with E-state index in [0.717, 1.165) is 22.8 Å². The van der Waals surface area contributed by atoms with Gasteiger partial charge in [-0.3, -0.25) is 10.1 Å². The molecule has 98 valence electrons. The molecule has 1 N–H and O–H groups in total. The number of rotatable bonds is 4. The van der Waals surface area contributed by atoms with Gasteiger partial charge in [0.1, 0.15) is 5.82 Å². The van der Waals surface area contributed by atoms with E-state index in [1.54, 1.807) is 18.3 Å². The van der Waals surface area contributed by atoms with E-state index in [1.807, 2.05) is 19.9 Å². The van der Waals surface area contributed by atoms with Gasteiger partial charge in [0.05, 0.1) is 17.2 Å². The standard InChI is InChI=1S/C13H14N4O2/c1-9-7-12(17(18)19)3-4-13(9)15-8-11-5-6-14-10(2)16-11/h3-7,15H,8H2,1-2H3. The molecule has 0 fully saturated rings. The molecule has 0 bridgehead atoms. The molecule has 1 heterocycles. The minimum absolute atomic E-state index is 0.0981. The van der Waals surface area contributed by atoms with E-state index in [-0.39, 0.29) is 5.69 Å². The summed E-state index contributed by atoms with van der Waals surface area (Å²) >= 11 is 0. The molecular formula is C13H14N4O2. The second-order valence-corrected chi connectivity index (χ2v) is 4.21. The molecule has 0 spiro atoms. The predicted octanol–water partition coefficient (Wildman–Crippen LogP) is 2.61. The molecule has 0 aliphatic carbocycles. The van der Waals surface area contributed by atoms with Gasteiger partial charge in [0, 0.05) is 24.0 Å². The Bertz CT molecular complexity index is 613. The van der Waals surface area contributed by atoms with Crippen molar-refractivity contribution in [2.75, 3.05) is 5.32 Å². The van der Waals surface area contributed by atoms with Gasteiger partial charge in [-0.2, -0.15) is 0 Å². The van der Waals surface area contributed by atoms with Crippen molar-refractivity contribution in [3.63, 3.8) is 0 Å². The summed E-state index contributed by atoms with van der Waals surface area (Å²) in [6, 6.07) is 6.58. The van der Waals surface area contributed by atoms with Gasteiger partial charge < -0.3 is 5.32 Å². The summed E-state index contributed by atoms with van der Waals surface area (Å²) in [7, 11) is 0. The lowest BCUT2D eigenvalue weighted by molar-refractivity contribution is -0.384. The van der Waals surface area contributed by atoms with Crippen LogP contribution in [0.4, 0.5) is 11.4 Å². The van der Waals surface area contributed by atoms with Crippen LogP contribution in [0.25, 0.3) is 0 Å². The first-order chi connectivity index (χ1) is 9.06. The topological polar surface area (TPSA) is 81.0 Å². The van der Waals surface area contributed by atoms with Gasteiger partial charge in [-0.25, -0.2) is 9.97 Å². The fourth-order valence-electron chi connectivity index (χ4n) is 1.75. The van der Waals surface area contributed by atoms with Gasteiger partial charge in [-0.1, -0.05) is 0 Å². The molecule has 2 aromatic rings. The van der Waals surface area contributed by atoms with Gasteiger partial charge in [0.15, 0.2) is 0 Å². The number of nitrogens with zero attached hydrogens (tertiary/aromatic N) is 3. The highest BCUT2D eigenvalue weighted by atomic mass is 16.6. The third kappa shape index (κ3) is 3.25. The number of hydrogen-bond donors (Lipinski definition) is 1. The second kappa shape index (κ2) is 5.43. The van der Waals surface area contributed by atoms with Crippen molar-refractivity contribution in [2.24, 2.45) is 0 Å². The molecule has 0 aliphatic rings. The second-order valence-electron chi connectivity index (χ2n) is 4.21. The monoisotopic (exact) mass is 258 g/mol. The number of nitro benzene ring substituents is 1. The molecule has 2 rings (SSSR count). The quantitative estimate of drug-likeness (QED) is 0.673. The maximum atomic E-state index is 10.6. The molecule has 6 nitrogen and oxygen atoms in total. The van der Waals surface area contributed by atoms with E-state index in [2.05, 4.69) is 15.3 Å². The molecule has 0 amide bonds. The number of hydrogen-bond acceptors (Lipinski definition) is 5. The molecule has 0 unspecified atom stereocenters. The maximum Gasteiger partial charge on any atom is 0.269 e. The first kappa shape index (κ1) is 12.9. The number of nitro groups is 1. The molecule has 6 heteroatoms. The average Bonchev–Trinajstić information content (AvgIpc) is 2.37. The summed E-state index contributed by atoms with van der Waals surface area (Å²) in [4.78, 5) is 18.6. The zero-order chi connectivity index (χ0) is 13.8. The third-order valence-corrected chi connectivity index (χ3v) is 2.71. The first-order valence-corrected chi connectivity index (χ1v) is 5.83. The molecule has 0 aliphatic heterocycles. The molecular weight excluding hydrogens is 244 g/mol. The average molecular weight is 258 g/mol. The van der Waals surface area contributed by atoms with Crippen LogP contribution in [0.3, 0.4) is 0 Å². The van der Waals surface area contributed by atoms with Gasteiger partial charge in [-0.15, -0.1) is 0 Å². The van der Waals surface area contributed by atoms with Gasteiger partial charge in [0.2, 0.25) is 0 Å². The zero-order valence-electron chi connectivity index (χ0n) is 10.8. The highest BCUT2D eigenvalue weighted by Crippen LogP contribution is 2.21. The zero-order valence-corrected chi connectivity index (χ0v) is 10.8. The number of nitrogens with one attached hydrogen (secondary N) is 1. The van der Waals surface area contributed by atoms with E-state index in [9.17, 15) is 10.1 Å². The summed E-state index contributed by atoms with van der Waals surface area (Å²) in [5, 5.41) is 13.9. The molecule has 0 saturated heterocycles. The molecule has 0 atom stereocenters. The Morgan fingerprint density at radius 2 is 2.11 bits per heavy atom. The number of benzene rings is 1. The van der Waals surface area contributed by atoms with Crippen LogP contribution < -0.4 is 5.32 Å². The van der Waals surface area contributed by atoms with Crippen molar-refractivity contribution in [1.29, 1.82) is 0 Å². The van der Waals surface area contributed by atoms with E-state index in [0.29, 0.717) is 6.54 Å². The van der Waals surface area contributed by atoms with Crippen molar-refractivity contribution >= 4 is 11.4 Å². The van der Waals surface area contributed by atoms with Crippen LogP contribution in [0.2, 0.25) is 0 Å². The summed E-state index contributed by atoms with van der Waals surface area (Å²) in [5.74, 6) is 0.722. The Balaban J connectivity index is 2.10. The van der Waals surface area contributed by atoms with Crippen LogP contribution in [0.15, 0.2) is 30.5 Å². The van der Waals surface area contributed by atoms with Crippen LogP contribution >= 0.6 is 0 Å². The van der Waals surface area contributed by atoms with E-state index in [4.69, 9.17) is 0 Å². The molecule has 0 saturated carbocycles. The van der Waals surface area contributed by atoms with Crippen molar-refractivity contribution in [3.8, 4) is 0 Å². The molecule has 19 heavy (non-hydrogen) atoms. The highest BCUT2D eigenvalue weighted by Gasteiger charge is 2.07. The Morgan fingerprint density at radius 3 is 2.74 bits per heavy atom. The predicted molar refractivity (Wildman–Crippen MR) is 71.9 cm³/mol. The van der Waals surface area contributed by atoms with Gasteiger partial charge in [0.25, 0.3) is 5.69 Å². The van der Waals surface area contributed by atoms with Crippen LogP contribution in [-0.2, 0) is 6.54 Å². The Morgan fingerprint density at radius 1 is 1.32 bits per heavy atom. The molecule has 0 radical (unpaired) electrons. The minimum atomic E-state index is -0.398. The van der Waals surface area contributed by atoms with Gasteiger partial charge in [-0.05, 0) is 31.5 Å². The largest absolute Gasteiger partial charge is 0.379 e. The van der Waals surface area contributed by atoms with Crippen molar-refractivity contribution in [2.45, 2.75) is 20.4 Å². The van der Waals surface area contributed by atoms with E-state index < -0.39 is 4.92 Å². The van der Waals surface area contributed by atoms with Crippen molar-refractivity contribution in [1.82, 2.24) is 9.97 Å². The summed E-state index contributed by atoms with van der Waals surface area (Å²) in [6.07, 6.45) is 1.71. The lowest BCUT2D eigenvalue weighted by Gasteiger charge is -2.09. The smallest absolute Gasteiger partial charge is 0.269 e. The summed E-state index contributed by atoms with van der Waals surface area (Å²) in [5.41, 5.74) is 2.67. The van der Waals surface area contributed by atoms with Crippen LogP contribution in [-0.4, -0.2) is 14.9 Å². The highest BCUT2D eigenvalue weighted by molar-refractivity contribution is 5.55. The number of anilines is 1. The lowest BCUT2D eigenvalue weighted by Crippen LogP contribution is -2.04. The van der Waals surface area contributed by atoms with Crippen molar-refractivity contribution in [3.05, 3.63) is 57.7 Å². The lowest BCUT2D eigenvalue weighted by atomic mass is 10.2. The van der Waals surface area contributed by atoms with E-state index >= 15 is 0 Å². The summed E-state index contributed by atoms with van der Waals surface area (Å²) < 4.78 is 0. The molecule has 1 aromatic heterocycles. The molecule has 1 aromatic carbocycles. The normalized spacial score (nSPS) is 10.2. The number of aromatic nitrogens is 2. The van der Waals surface area contributed by atoms with Gasteiger partial charge >= 0.3 is 0 Å². The fraction of sp³-hybridized carbons (Fsp3) is 0.231. The van der Waals surface area contributed by atoms with Crippen LogP contribution in [0.5, 0.6) is 0 Å². The van der Waals surface area contributed by atoms with Crippen LogP contribution in [0.1, 0.15) is 17.1 Å². The SMILES string of the molecule is Cc1nccc(CNc2ccc([N+](=O)[O-])cc2C)n1. The number of non-ortho nitro benzene ring substituents is 1. The van der Waals surface area contributed by atoms with E-state index in [1.165, 1.54) is 6.07 Å². The van der Waals surface area contributed by atoms with Crippen molar-refractivity contribution < 1.29 is 4.92 Å². The number of aryl methyl sites for hydroxylation is 2. The van der Waals surface area contributed by atoms with Crippen LogP contribution in [0, 0.1) is 24.0 Å². The minimum Gasteiger partial charge on any atom is -0.379 e. The third-order valence-electron chi connectivity index (χ3n) is 2.71. The first-order valence-electron chi connectivity index (χ1n) is 5.83.